The summed E-state index contributed by atoms with van der Waals surface area (Å²) in [5.74, 6) is -0.755. The Kier molecular flexibility index (Phi) is 7.87. The number of amides is 3. The molecule has 0 unspecified atom stereocenters. The van der Waals surface area contributed by atoms with Crippen molar-refractivity contribution in [2.75, 3.05) is 36.6 Å². The molecular formula is C16H20N4O7S. The van der Waals surface area contributed by atoms with Crippen LogP contribution >= 0.6 is 11.8 Å². The average molecular weight is 412 g/mol. The molecule has 12 heteroatoms. The van der Waals surface area contributed by atoms with Gasteiger partial charge in [0.2, 0.25) is 5.91 Å². The summed E-state index contributed by atoms with van der Waals surface area (Å²) < 4.78 is 14.8. The quantitative estimate of drug-likeness (QED) is 0.488. The van der Waals surface area contributed by atoms with E-state index in [9.17, 15) is 19.2 Å². The highest BCUT2D eigenvalue weighted by Gasteiger charge is 2.24. The lowest BCUT2D eigenvalue weighted by atomic mass is 10.2. The van der Waals surface area contributed by atoms with Gasteiger partial charge in [-0.3, -0.25) is 9.59 Å². The number of nitrogens with one attached hydrogen (secondary N) is 3. The van der Waals surface area contributed by atoms with Crippen LogP contribution in [0.1, 0.15) is 12.7 Å². The standard InChI is InChI=1S/C16H20N4O7S/c1-3-25-15(23)10-5-17-16(24)18-11(10)6-26-14(22)8-28-7-13(21)19-12-4-9(2)27-20-12/h4H,3,5-8H2,1-2H3,(H2,17,18,24)(H,19,20,21). The Morgan fingerprint density at radius 2 is 2.11 bits per heavy atom. The second-order valence-corrected chi connectivity index (χ2v) is 6.50. The normalized spacial score (nSPS) is 13.4. The lowest BCUT2D eigenvalue weighted by molar-refractivity contribution is -0.141. The molecule has 11 nitrogen and oxygen atoms in total. The number of carbonyl (C=O) groups is 4. The molecule has 2 rings (SSSR count). The lowest BCUT2D eigenvalue weighted by Crippen LogP contribution is -2.45. The Morgan fingerprint density at radius 1 is 1.32 bits per heavy atom. The van der Waals surface area contributed by atoms with Gasteiger partial charge in [0.25, 0.3) is 0 Å². The molecule has 0 aliphatic carbocycles. The van der Waals surface area contributed by atoms with Gasteiger partial charge in [-0.15, -0.1) is 11.8 Å². The van der Waals surface area contributed by atoms with Crippen molar-refractivity contribution in [3.8, 4) is 0 Å². The maximum absolute atomic E-state index is 11.9. The number of urea groups is 1. The number of esters is 2. The van der Waals surface area contributed by atoms with Gasteiger partial charge >= 0.3 is 18.0 Å². The summed E-state index contributed by atoms with van der Waals surface area (Å²) in [6, 6.07) is 1.06. The minimum absolute atomic E-state index is 0.0123. The molecule has 3 amide bonds. The van der Waals surface area contributed by atoms with E-state index in [2.05, 4.69) is 21.1 Å². The van der Waals surface area contributed by atoms with Crippen molar-refractivity contribution in [3.05, 3.63) is 23.1 Å². The molecule has 0 saturated carbocycles. The Balaban J connectivity index is 1.76. The van der Waals surface area contributed by atoms with E-state index in [4.69, 9.17) is 14.0 Å². The van der Waals surface area contributed by atoms with Gasteiger partial charge in [-0.1, -0.05) is 5.16 Å². The third kappa shape index (κ3) is 6.61. The van der Waals surface area contributed by atoms with Crippen LogP contribution in [0.5, 0.6) is 0 Å². The number of aromatic nitrogens is 1. The summed E-state index contributed by atoms with van der Waals surface area (Å²) in [6.45, 7) is 3.22. The van der Waals surface area contributed by atoms with Crippen LogP contribution in [0.2, 0.25) is 0 Å². The summed E-state index contributed by atoms with van der Waals surface area (Å²) in [4.78, 5) is 46.9. The third-order valence-corrected chi connectivity index (χ3v) is 4.21. The second-order valence-electron chi connectivity index (χ2n) is 5.51. The SMILES string of the molecule is CCOC(=O)C1=C(COC(=O)CSCC(=O)Nc2cc(C)on2)NC(=O)NC1. The average Bonchev–Trinajstić information content (AvgIpc) is 3.04. The number of carbonyl (C=O) groups excluding carboxylic acids is 4. The van der Waals surface area contributed by atoms with E-state index in [-0.39, 0.29) is 48.4 Å². The highest BCUT2D eigenvalue weighted by Crippen LogP contribution is 2.11. The van der Waals surface area contributed by atoms with Gasteiger partial charge < -0.3 is 29.9 Å². The number of rotatable bonds is 9. The van der Waals surface area contributed by atoms with Crippen molar-refractivity contribution in [2.45, 2.75) is 13.8 Å². The van der Waals surface area contributed by atoms with E-state index in [1.54, 1.807) is 19.9 Å². The first kappa shape index (κ1) is 21.3. The van der Waals surface area contributed by atoms with Crippen LogP contribution in [0.4, 0.5) is 10.6 Å². The molecule has 152 valence electrons. The minimum Gasteiger partial charge on any atom is -0.463 e. The van der Waals surface area contributed by atoms with Crippen LogP contribution in [-0.2, 0) is 23.9 Å². The van der Waals surface area contributed by atoms with E-state index in [1.807, 2.05) is 0 Å². The van der Waals surface area contributed by atoms with Crippen LogP contribution in [-0.4, -0.2) is 60.3 Å². The zero-order valence-electron chi connectivity index (χ0n) is 15.3. The summed E-state index contributed by atoms with van der Waals surface area (Å²) in [6.07, 6.45) is 0. The summed E-state index contributed by atoms with van der Waals surface area (Å²) in [5, 5.41) is 11.0. The maximum atomic E-state index is 11.9. The van der Waals surface area contributed by atoms with Crippen molar-refractivity contribution in [1.29, 1.82) is 0 Å². The molecule has 1 aromatic rings. The smallest absolute Gasteiger partial charge is 0.337 e. The topological polar surface area (TPSA) is 149 Å². The van der Waals surface area contributed by atoms with Crippen molar-refractivity contribution in [1.82, 2.24) is 15.8 Å². The highest BCUT2D eigenvalue weighted by atomic mass is 32.2. The number of anilines is 1. The Labute approximate surface area is 164 Å². The first-order valence-corrected chi connectivity index (χ1v) is 9.45. The molecule has 3 N–H and O–H groups in total. The molecule has 0 atom stereocenters. The fourth-order valence-electron chi connectivity index (χ4n) is 2.09. The van der Waals surface area contributed by atoms with Gasteiger partial charge in [-0.2, -0.15) is 0 Å². The number of aryl methyl sites for hydroxylation is 1. The highest BCUT2D eigenvalue weighted by molar-refractivity contribution is 8.00. The molecule has 0 aromatic carbocycles. The maximum Gasteiger partial charge on any atom is 0.337 e. The van der Waals surface area contributed by atoms with Gasteiger partial charge in [0.05, 0.1) is 35.9 Å². The molecule has 1 aliphatic rings. The van der Waals surface area contributed by atoms with Gasteiger partial charge in [0.15, 0.2) is 5.82 Å². The van der Waals surface area contributed by atoms with Gasteiger partial charge in [-0.05, 0) is 13.8 Å². The molecule has 0 bridgehead atoms. The summed E-state index contributed by atoms with van der Waals surface area (Å²) in [5.41, 5.74) is 0.351. The zero-order chi connectivity index (χ0) is 20.5. The Hall–Kier alpha value is -3.02. The van der Waals surface area contributed by atoms with Crippen LogP contribution in [0.15, 0.2) is 21.9 Å². The van der Waals surface area contributed by atoms with Crippen molar-refractivity contribution in [2.24, 2.45) is 0 Å². The van der Waals surface area contributed by atoms with E-state index >= 15 is 0 Å². The fraction of sp³-hybridized carbons (Fsp3) is 0.438. The van der Waals surface area contributed by atoms with Gasteiger partial charge in [0.1, 0.15) is 12.4 Å². The number of thioether (sulfide) groups is 1. The molecule has 0 saturated heterocycles. The Morgan fingerprint density at radius 3 is 2.79 bits per heavy atom. The molecule has 28 heavy (non-hydrogen) atoms. The van der Waals surface area contributed by atoms with Crippen LogP contribution in [0, 0.1) is 6.92 Å². The molecule has 0 fully saturated rings. The van der Waals surface area contributed by atoms with Crippen LogP contribution < -0.4 is 16.0 Å². The van der Waals surface area contributed by atoms with E-state index in [0.29, 0.717) is 11.6 Å². The predicted molar refractivity (Wildman–Crippen MR) is 98.3 cm³/mol. The summed E-state index contributed by atoms with van der Waals surface area (Å²) >= 11 is 1.05. The van der Waals surface area contributed by atoms with E-state index in [1.165, 1.54) is 0 Å². The number of hydrogen-bond donors (Lipinski definition) is 3. The molecule has 1 aliphatic heterocycles. The van der Waals surface area contributed by atoms with Gasteiger partial charge in [0, 0.05) is 6.07 Å². The van der Waals surface area contributed by atoms with Crippen molar-refractivity contribution >= 4 is 41.5 Å². The molecule has 0 spiro atoms. The molecular weight excluding hydrogens is 392 g/mol. The van der Waals surface area contributed by atoms with Gasteiger partial charge in [-0.25, -0.2) is 9.59 Å². The largest absolute Gasteiger partial charge is 0.463 e. The monoisotopic (exact) mass is 412 g/mol. The molecule has 0 radical (unpaired) electrons. The predicted octanol–water partition coefficient (Wildman–Crippen LogP) is 0.328. The van der Waals surface area contributed by atoms with E-state index in [0.717, 1.165) is 11.8 Å². The fourth-order valence-corrected chi connectivity index (χ4v) is 2.70. The van der Waals surface area contributed by atoms with Crippen molar-refractivity contribution < 1.29 is 33.2 Å². The zero-order valence-corrected chi connectivity index (χ0v) is 16.1. The first-order valence-electron chi connectivity index (χ1n) is 8.29. The second kappa shape index (κ2) is 10.3. The summed E-state index contributed by atoms with van der Waals surface area (Å²) in [7, 11) is 0. The lowest BCUT2D eigenvalue weighted by Gasteiger charge is -2.21. The minimum atomic E-state index is -0.602. The van der Waals surface area contributed by atoms with Crippen LogP contribution in [0.3, 0.4) is 0 Å². The molecule has 1 aromatic heterocycles. The van der Waals surface area contributed by atoms with Crippen molar-refractivity contribution in [3.63, 3.8) is 0 Å². The first-order chi connectivity index (χ1) is 13.4. The Bertz CT molecular complexity index is 790. The number of hydrogen-bond acceptors (Lipinski definition) is 9. The van der Waals surface area contributed by atoms with E-state index < -0.39 is 18.0 Å². The number of nitrogens with zero attached hydrogens (tertiary/aromatic N) is 1. The third-order valence-electron chi connectivity index (χ3n) is 3.30. The van der Waals surface area contributed by atoms with Crippen LogP contribution in [0.25, 0.3) is 0 Å². The number of ether oxygens (including phenoxy) is 2. The molecule has 2 heterocycles.